The minimum atomic E-state index is -4.51. The Bertz CT molecular complexity index is 686. The van der Waals surface area contributed by atoms with Crippen LogP contribution in [-0.4, -0.2) is 16.0 Å². The van der Waals surface area contributed by atoms with Gasteiger partial charge in [-0.1, -0.05) is 11.6 Å². The van der Waals surface area contributed by atoms with Crippen LogP contribution < -0.4 is 10.6 Å². The van der Waals surface area contributed by atoms with Crippen molar-refractivity contribution in [2.24, 2.45) is 0 Å². The molecule has 22 heavy (non-hydrogen) atoms. The van der Waals surface area contributed by atoms with Crippen LogP contribution in [0.15, 0.2) is 30.5 Å². The van der Waals surface area contributed by atoms with Gasteiger partial charge in [-0.15, -0.1) is 0 Å². The maximum Gasteiger partial charge on any atom is 0.417 e. The summed E-state index contributed by atoms with van der Waals surface area (Å²) in [7, 11) is 0. The molecule has 2 N–H and O–H groups in total. The number of rotatable bonds is 4. The number of nitrogens with one attached hydrogen (secondary N) is 2. The highest BCUT2D eigenvalue weighted by Crippen LogP contribution is 2.36. The second kappa shape index (κ2) is 5.64. The lowest BCUT2D eigenvalue weighted by Crippen LogP contribution is -2.08. The van der Waals surface area contributed by atoms with Crippen molar-refractivity contribution in [2.75, 3.05) is 10.6 Å². The molecule has 0 saturated heterocycles. The van der Waals surface area contributed by atoms with E-state index in [1.165, 1.54) is 12.1 Å². The van der Waals surface area contributed by atoms with Crippen LogP contribution in [0.2, 0.25) is 5.02 Å². The number of halogens is 4. The molecule has 0 unspecified atom stereocenters. The van der Waals surface area contributed by atoms with Crippen LogP contribution in [0.25, 0.3) is 0 Å². The first-order valence-corrected chi connectivity index (χ1v) is 7.03. The van der Waals surface area contributed by atoms with Crippen LogP contribution in [0.1, 0.15) is 18.4 Å². The summed E-state index contributed by atoms with van der Waals surface area (Å²) in [6.07, 6.45) is -0.774. The standard InChI is InChI=1S/C14H12ClF3N4/c15-11-4-3-9(7-10(11)14(16,17)18)21-13-19-6-5-12(22-13)20-8-1-2-8/h3-8H,1-2H2,(H2,19,20,21,22). The van der Waals surface area contributed by atoms with E-state index >= 15 is 0 Å². The molecule has 1 aromatic heterocycles. The fourth-order valence-electron chi connectivity index (χ4n) is 1.89. The lowest BCUT2D eigenvalue weighted by molar-refractivity contribution is -0.137. The molecule has 1 aliphatic rings. The van der Waals surface area contributed by atoms with Gasteiger partial charge in [0.25, 0.3) is 0 Å². The molecule has 1 heterocycles. The Kier molecular flexibility index (Phi) is 3.82. The minimum absolute atomic E-state index is 0.222. The number of hydrogen-bond donors (Lipinski definition) is 2. The predicted molar refractivity (Wildman–Crippen MR) is 78.4 cm³/mol. The second-order valence-corrected chi connectivity index (χ2v) is 5.41. The molecule has 1 saturated carbocycles. The second-order valence-electron chi connectivity index (χ2n) is 5.00. The normalized spacial score (nSPS) is 14.7. The molecule has 4 nitrogen and oxygen atoms in total. The van der Waals surface area contributed by atoms with Gasteiger partial charge in [0.1, 0.15) is 5.82 Å². The Morgan fingerprint density at radius 3 is 2.64 bits per heavy atom. The Balaban J connectivity index is 1.80. The van der Waals surface area contributed by atoms with Gasteiger partial charge >= 0.3 is 6.18 Å². The Morgan fingerprint density at radius 2 is 1.95 bits per heavy atom. The average molecular weight is 329 g/mol. The summed E-state index contributed by atoms with van der Waals surface area (Å²) in [6, 6.07) is 5.72. The van der Waals surface area contributed by atoms with E-state index < -0.39 is 11.7 Å². The summed E-state index contributed by atoms with van der Waals surface area (Å²) in [5, 5.41) is 5.61. The zero-order valence-electron chi connectivity index (χ0n) is 11.3. The molecule has 0 amide bonds. The molecule has 1 aliphatic carbocycles. The first-order chi connectivity index (χ1) is 10.4. The summed E-state index contributed by atoms with van der Waals surface area (Å²) < 4.78 is 38.5. The molecule has 1 fully saturated rings. The van der Waals surface area contributed by atoms with Gasteiger partial charge in [0, 0.05) is 17.9 Å². The molecule has 0 bridgehead atoms. The maximum atomic E-state index is 12.8. The number of anilines is 3. The number of benzene rings is 1. The van der Waals surface area contributed by atoms with Gasteiger partial charge in [-0.25, -0.2) is 4.98 Å². The van der Waals surface area contributed by atoms with Gasteiger partial charge in [-0.2, -0.15) is 18.2 Å². The van der Waals surface area contributed by atoms with E-state index in [0.29, 0.717) is 11.9 Å². The third-order valence-electron chi connectivity index (χ3n) is 3.11. The van der Waals surface area contributed by atoms with E-state index in [0.717, 1.165) is 18.9 Å². The summed E-state index contributed by atoms with van der Waals surface area (Å²) in [5.74, 6) is 0.867. The maximum absolute atomic E-state index is 12.8. The zero-order chi connectivity index (χ0) is 15.7. The first-order valence-electron chi connectivity index (χ1n) is 6.65. The molecule has 0 aliphatic heterocycles. The van der Waals surface area contributed by atoms with Crippen LogP contribution in [0.5, 0.6) is 0 Å². The van der Waals surface area contributed by atoms with Crippen LogP contribution >= 0.6 is 11.6 Å². The first kappa shape index (κ1) is 14.9. The molecule has 0 spiro atoms. The Labute approximate surface area is 129 Å². The van der Waals surface area contributed by atoms with Crippen LogP contribution in [0.4, 0.5) is 30.6 Å². The monoisotopic (exact) mass is 328 g/mol. The van der Waals surface area contributed by atoms with E-state index in [1.54, 1.807) is 12.3 Å². The highest BCUT2D eigenvalue weighted by Gasteiger charge is 2.33. The van der Waals surface area contributed by atoms with Crippen molar-refractivity contribution in [2.45, 2.75) is 25.1 Å². The highest BCUT2D eigenvalue weighted by molar-refractivity contribution is 6.31. The van der Waals surface area contributed by atoms with Crippen LogP contribution in [0.3, 0.4) is 0 Å². The Morgan fingerprint density at radius 1 is 1.18 bits per heavy atom. The molecular weight excluding hydrogens is 317 g/mol. The lowest BCUT2D eigenvalue weighted by atomic mass is 10.2. The van der Waals surface area contributed by atoms with E-state index in [2.05, 4.69) is 20.6 Å². The molecule has 3 rings (SSSR count). The van der Waals surface area contributed by atoms with Crippen molar-refractivity contribution in [3.8, 4) is 0 Å². The largest absolute Gasteiger partial charge is 0.417 e. The summed E-state index contributed by atoms with van der Waals surface area (Å²) in [5.41, 5.74) is -0.674. The van der Waals surface area contributed by atoms with Gasteiger partial charge < -0.3 is 10.6 Å². The van der Waals surface area contributed by atoms with Crippen molar-refractivity contribution >= 4 is 29.1 Å². The van der Waals surface area contributed by atoms with E-state index in [4.69, 9.17) is 11.6 Å². The van der Waals surface area contributed by atoms with Gasteiger partial charge in [0.15, 0.2) is 0 Å². The predicted octanol–water partition coefficient (Wildman–Crippen LogP) is 4.47. The van der Waals surface area contributed by atoms with Crippen LogP contribution in [-0.2, 0) is 6.18 Å². The van der Waals surface area contributed by atoms with Gasteiger partial charge in [-0.3, -0.25) is 0 Å². The minimum Gasteiger partial charge on any atom is -0.367 e. The van der Waals surface area contributed by atoms with Crippen molar-refractivity contribution in [1.82, 2.24) is 9.97 Å². The summed E-state index contributed by atoms with van der Waals surface area (Å²) >= 11 is 5.58. The van der Waals surface area contributed by atoms with E-state index in [9.17, 15) is 13.2 Å². The van der Waals surface area contributed by atoms with Crippen molar-refractivity contribution in [1.29, 1.82) is 0 Å². The molecular formula is C14H12ClF3N4. The molecule has 2 aromatic rings. The lowest BCUT2D eigenvalue weighted by Gasteiger charge is -2.12. The average Bonchev–Trinajstić information content (AvgIpc) is 3.24. The quantitative estimate of drug-likeness (QED) is 0.869. The van der Waals surface area contributed by atoms with E-state index in [-0.39, 0.29) is 16.7 Å². The fraction of sp³-hybridized carbons (Fsp3) is 0.286. The van der Waals surface area contributed by atoms with Crippen molar-refractivity contribution in [3.05, 3.63) is 41.0 Å². The highest BCUT2D eigenvalue weighted by atomic mass is 35.5. The molecule has 8 heteroatoms. The third kappa shape index (κ3) is 3.59. The molecule has 1 aromatic carbocycles. The van der Waals surface area contributed by atoms with Crippen molar-refractivity contribution < 1.29 is 13.2 Å². The van der Waals surface area contributed by atoms with Gasteiger partial charge in [0.2, 0.25) is 5.95 Å². The fourth-order valence-corrected chi connectivity index (χ4v) is 2.11. The smallest absolute Gasteiger partial charge is 0.367 e. The number of hydrogen-bond acceptors (Lipinski definition) is 4. The molecule has 0 radical (unpaired) electrons. The number of alkyl halides is 3. The van der Waals surface area contributed by atoms with E-state index in [1.807, 2.05) is 0 Å². The van der Waals surface area contributed by atoms with Crippen molar-refractivity contribution in [3.63, 3.8) is 0 Å². The van der Waals surface area contributed by atoms with Crippen LogP contribution in [0, 0.1) is 0 Å². The molecule has 0 atom stereocenters. The number of nitrogens with zero attached hydrogens (tertiary/aromatic N) is 2. The SMILES string of the molecule is FC(F)(F)c1cc(Nc2nccc(NC3CC3)n2)ccc1Cl. The van der Waals surface area contributed by atoms with Gasteiger partial charge in [-0.05, 0) is 37.1 Å². The third-order valence-corrected chi connectivity index (χ3v) is 3.44. The molecule has 116 valence electrons. The Hall–Kier alpha value is -2.02. The zero-order valence-corrected chi connectivity index (χ0v) is 12.0. The summed E-state index contributed by atoms with van der Waals surface area (Å²) in [6.45, 7) is 0. The topological polar surface area (TPSA) is 49.8 Å². The number of aromatic nitrogens is 2. The summed E-state index contributed by atoms with van der Waals surface area (Å²) in [4.78, 5) is 8.22. The van der Waals surface area contributed by atoms with Gasteiger partial charge in [0.05, 0.1) is 10.6 Å².